The first-order chi connectivity index (χ1) is 22.4. The van der Waals surface area contributed by atoms with Crippen molar-refractivity contribution in [1.29, 1.82) is 0 Å². The second-order valence-electron chi connectivity index (χ2n) is 11.4. The van der Waals surface area contributed by atoms with Crippen molar-refractivity contribution in [3.8, 4) is 0 Å². The predicted octanol–water partition coefficient (Wildman–Crippen LogP) is 5.38. The maximum atomic E-state index is 10.9. The van der Waals surface area contributed by atoms with Crippen molar-refractivity contribution in [2.75, 3.05) is 40.0 Å². The van der Waals surface area contributed by atoms with Gasteiger partial charge in [-0.15, -0.1) is 0 Å². The molecule has 0 aromatic rings. The Bertz CT molecular complexity index is 1010. The number of esters is 3. The number of aliphatic carboxylic acids is 1. The summed E-state index contributed by atoms with van der Waals surface area (Å²) in [5, 5.41) is 22.5. The highest BCUT2D eigenvalue weighted by molar-refractivity contribution is 5.88. The minimum atomic E-state index is -1.05. The Labute approximate surface area is 288 Å². The van der Waals surface area contributed by atoms with Gasteiger partial charge in [0.2, 0.25) is 5.91 Å². The summed E-state index contributed by atoms with van der Waals surface area (Å²) in [6.07, 6.45) is 11.8. The Morgan fingerprint density at radius 1 is 0.792 bits per heavy atom. The van der Waals surface area contributed by atoms with Crippen LogP contribution in [0.5, 0.6) is 0 Å². The fraction of sp³-hybridized carbons (Fsp3) is 0.583. The zero-order valence-electron chi connectivity index (χ0n) is 30.4. The molecular weight excluding hydrogens is 620 g/mol. The molecule has 0 atom stereocenters. The van der Waals surface area contributed by atoms with Crippen molar-refractivity contribution in [3.63, 3.8) is 0 Å². The number of aliphatic hydroxyl groups is 1. The number of carboxylic acid groups (broad SMARTS) is 1. The molecule has 276 valence electrons. The number of methoxy groups -OCH3 is 1. The number of allylic oxidation sites excluding steroid dienone is 1. The zero-order chi connectivity index (χ0) is 38.0. The quantitative estimate of drug-likeness (QED) is 0.0561. The molecule has 4 N–H and O–H groups in total. The monoisotopic (exact) mass is 682 g/mol. The van der Waals surface area contributed by atoms with Crippen LogP contribution in [-0.4, -0.2) is 85.6 Å². The molecule has 0 radical (unpaired) electrons. The van der Waals surface area contributed by atoms with E-state index in [-0.39, 0.29) is 42.6 Å². The van der Waals surface area contributed by atoms with Crippen LogP contribution in [-0.2, 0) is 38.2 Å². The number of unbranched alkanes of at least 4 members (excludes halogenated alkanes) is 5. The van der Waals surface area contributed by atoms with Crippen molar-refractivity contribution in [3.05, 3.63) is 61.3 Å². The normalized spacial score (nSPS) is 9.92. The van der Waals surface area contributed by atoms with Crippen LogP contribution in [0, 0.1) is 0 Å². The van der Waals surface area contributed by atoms with Gasteiger partial charge in [0.25, 0.3) is 0 Å². The minimum Gasteiger partial charge on any atom is -0.478 e. The summed E-state index contributed by atoms with van der Waals surface area (Å²) in [7, 11) is 1.24. The number of carbonyl (C=O) groups excluding carboxylic acids is 4. The van der Waals surface area contributed by atoms with Crippen LogP contribution >= 0.6 is 0 Å². The van der Waals surface area contributed by atoms with Crippen molar-refractivity contribution in [2.45, 2.75) is 98.4 Å². The lowest BCUT2D eigenvalue weighted by Crippen LogP contribution is -2.38. The van der Waals surface area contributed by atoms with Crippen molar-refractivity contribution in [1.82, 2.24) is 10.6 Å². The van der Waals surface area contributed by atoms with Gasteiger partial charge in [-0.3, -0.25) is 4.79 Å². The summed E-state index contributed by atoms with van der Waals surface area (Å²) in [4.78, 5) is 52.9. The number of hydrogen-bond acceptors (Lipinski definition) is 10. The lowest BCUT2D eigenvalue weighted by Gasteiger charge is -2.20. The second kappa shape index (κ2) is 34.3. The molecular formula is C36H62N2O10. The van der Waals surface area contributed by atoms with Gasteiger partial charge in [-0.2, -0.15) is 0 Å². The first-order valence-corrected chi connectivity index (χ1v) is 16.0. The van der Waals surface area contributed by atoms with Gasteiger partial charge < -0.3 is 35.1 Å². The molecule has 0 saturated heterocycles. The van der Waals surface area contributed by atoms with E-state index >= 15 is 0 Å². The van der Waals surface area contributed by atoms with E-state index in [1.807, 2.05) is 0 Å². The van der Waals surface area contributed by atoms with E-state index in [1.165, 1.54) is 51.4 Å². The van der Waals surface area contributed by atoms with Crippen LogP contribution < -0.4 is 10.6 Å². The van der Waals surface area contributed by atoms with Gasteiger partial charge in [-0.1, -0.05) is 71.4 Å². The maximum absolute atomic E-state index is 10.9. The Morgan fingerprint density at radius 2 is 1.31 bits per heavy atom. The van der Waals surface area contributed by atoms with Gasteiger partial charge >= 0.3 is 23.9 Å². The number of carboxylic acids is 1. The number of ether oxygens (including phenoxy) is 3. The van der Waals surface area contributed by atoms with Gasteiger partial charge in [-0.05, 0) is 53.5 Å². The first kappa shape index (κ1) is 50.8. The standard InChI is InChI=1S/C11H21NO.C10H19NO2.C8H10O4.C7H12O3/c1-3-5-6-7-8-9-10-12-11(13)4-2;1-8(2)9(12)13-7-6-11-10(3,4)5;1-6(8(11)12-2)4-3-5-7(9)10;1-6(2)7(9)10-5-3-4-8/h4H,2-3,5-10H2,1H3,(H,12,13);11H,1,6-7H2,2-5H3;3,5H,1,4H2,2H3,(H,9,10);8H,1,3-5H2,2H3. The summed E-state index contributed by atoms with van der Waals surface area (Å²) in [6.45, 7) is 27.5. The van der Waals surface area contributed by atoms with E-state index in [0.29, 0.717) is 30.7 Å². The van der Waals surface area contributed by atoms with Gasteiger partial charge in [0, 0.05) is 54.5 Å². The van der Waals surface area contributed by atoms with Gasteiger partial charge in [0.05, 0.1) is 13.7 Å². The molecule has 0 aliphatic carbocycles. The number of rotatable bonds is 20. The Morgan fingerprint density at radius 3 is 1.75 bits per heavy atom. The molecule has 0 spiro atoms. The van der Waals surface area contributed by atoms with E-state index < -0.39 is 17.9 Å². The van der Waals surface area contributed by atoms with Gasteiger partial charge in [0.1, 0.15) is 6.61 Å². The predicted molar refractivity (Wildman–Crippen MR) is 190 cm³/mol. The van der Waals surface area contributed by atoms with Crippen LogP contribution in [0.25, 0.3) is 0 Å². The summed E-state index contributed by atoms with van der Waals surface area (Å²) in [5.74, 6) is -2.35. The Balaban J connectivity index is -0.000000270. The van der Waals surface area contributed by atoms with Crippen LogP contribution in [0.3, 0.4) is 0 Å². The molecule has 0 unspecified atom stereocenters. The van der Waals surface area contributed by atoms with Crippen LogP contribution in [0.2, 0.25) is 0 Å². The van der Waals surface area contributed by atoms with E-state index in [2.05, 4.69) is 74.1 Å². The minimum absolute atomic E-state index is 0.0451. The summed E-state index contributed by atoms with van der Waals surface area (Å²) >= 11 is 0. The average Bonchev–Trinajstić information content (AvgIpc) is 3.02. The summed E-state index contributed by atoms with van der Waals surface area (Å²) in [5.41, 5.74) is 1.12. The fourth-order valence-electron chi connectivity index (χ4n) is 2.76. The third kappa shape index (κ3) is 44.1. The number of carbonyl (C=O) groups is 5. The maximum Gasteiger partial charge on any atom is 0.333 e. The molecule has 0 bridgehead atoms. The lowest BCUT2D eigenvalue weighted by atomic mass is 10.1. The molecule has 0 heterocycles. The molecule has 12 heteroatoms. The van der Waals surface area contributed by atoms with Crippen LogP contribution in [0.15, 0.2) is 61.3 Å². The van der Waals surface area contributed by atoms with Gasteiger partial charge in [0.15, 0.2) is 0 Å². The molecule has 0 aromatic carbocycles. The number of amides is 1. The highest BCUT2D eigenvalue weighted by Crippen LogP contribution is 2.04. The molecule has 0 rings (SSSR count). The highest BCUT2D eigenvalue weighted by atomic mass is 16.5. The smallest absolute Gasteiger partial charge is 0.333 e. The molecule has 48 heavy (non-hydrogen) atoms. The summed E-state index contributed by atoms with van der Waals surface area (Å²) in [6, 6.07) is 0. The molecule has 0 aliphatic heterocycles. The van der Waals surface area contributed by atoms with Crippen LogP contribution in [0.4, 0.5) is 0 Å². The lowest BCUT2D eigenvalue weighted by molar-refractivity contribution is -0.139. The average molecular weight is 683 g/mol. The van der Waals surface area contributed by atoms with Crippen molar-refractivity contribution >= 4 is 29.8 Å². The number of nitrogens with one attached hydrogen (secondary N) is 2. The summed E-state index contributed by atoms with van der Waals surface area (Å²) < 4.78 is 13.9. The number of aliphatic hydroxyl groups excluding tert-OH is 1. The number of hydrogen-bond donors (Lipinski definition) is 4. The van der Waals surface area contributed by atoms with E-state index in [9.17, 15) is 24.0 Å². The fourth-order valence-corrected chi connectivity index (χ4v) is 2.76. The molecule has 0 fully saturated rings. The van der Waals surface area contributed by atoms with Crippen LogP contribution in [0.1, 0.15) is 92.9 Å². The van der Waals surface area contributed by atoms with E-state index in [0.717, 1.165) is 19.0 Å². The largest absolute Gasteiger partial charge is 0.478 e. The SMILES string of the molecule is C=C(C)C(=O)OCCCO.C=C(C)C(=O)OCCNC(C)(C)C.C=C(CC=CC(=O)O)C(=O)OC.C=CC(=O)NCCCCCCCC. The van der Waals surface area contributed by atoms with E-state index in [1.54, 1.807) is 13.8 Å². The topological polar surface area (TPSA) is 178 Å². The van der Waals surface area contributed by atoms with Crippen molar-refractivity contribution < 1.29 is 48.4 Å². The molecule has 12 nitrogen and oxygen atoms in total. The Kier molecular flexibility index (Phi) is 36.3. The molecule has 1 amide bonds. The zero-order valence-corrected chi connectivity index (χ0v) is 30.4. The van der Waals surface area contributed by atoms with Crippen molar-refractivity contribution in [2.24, 2.45) is 0 Å². The molecule has 0 aliphatic rings. The highest BCUT2D eigenvalue weighted by Gasteiger charge is 2.08. The second-order valence-corrected chi connectivity index (χ2v) is 11.4. The first-order valence-electron chi connectivity index (χ1n) is 16.0. The molecule has 0 aromatic heterocycles. The van der Waals surface area contributed by atoms with Gasteiger partial charge in [-0.25, -0.2) is 19.2 Å². The van der Waals surface area contributed by atoms with E-state index in [4.69, 9.17) is 14.9 Å². The third-order valence-electron chi connectivity index (χ3n) is 5.34. The third-order valence-corrected chi connectivity index (χ3v) is 5.34. The molecule has 0 saturated carbocycles. The Hall–Kier alpha value is -4.03.